The third-order valence-corrected chi connectivity index (χ3v) is 8.38. The predicted molar refractivity (Wildman–Crippen MR) is 130 cm³/mol. The van der Waals surface area contributed by atoms with Crippen molar-refractivity contribution in [1.82, 2.24) is 15.1 Å². The summed E-state index contributed by atoms with van der Waals surface area (Å²) in [5, 5.41) is 2.37. The Morgan fingerprint density at radius 3 is 2.49 bits per heavy atom. The molecule has 0 radical (unpaired) electrons. The molecule has 7 heteroatoms. The number of ether oxygens (including phenoxy) is 1. The monoisotopic (exact) mass is 473 g/mol. The van der Waals surface area contributed by atoms with E-state index < -0.39 is 6.04 Å². The van der Waals surface area contributed by atoms with Gasteiger partial charge in [0, 0.05) is 35.1 Å². The maximum atomic E-state index is 13.1. The van der Waals surface area contributed by atoms with Crippen molar-refractivity contribution in [3.63, 3.8) is 0 Å². The Morgan fingerprint density at radius 1 is 1.03 bits per heavy atom. The summed E-state index contributed by atoms with van der Waals surface area (Å²) in [6, 6.07) is 12.3. The van der Waals surface area contributed by atoms with Crippen molar-refractivity contribution in [2.45, 2.75) is 63.6 Å². The first-order valence-electron chi connectivity index (χ1n) is 12.7. The second-order valence-corrected chi connectivity index (χ2v) is 10.4. The molecule has 1 atom stereocenters. The van der Waals surface area contributed by atoms with Crippen LogP contribution in [0.5, 0.6) is 5.75 Å². The van der Waals surface area contributed by atoms with E-state index in [0.717, 1.165) is 50.2 Å². The SMILES string of the molecule is CCc1ccc(CN2CCC3(CC2)COc2c3ccc3c2CN(C2CCC(=O)NC2=O)C3=O)cc1. The third kappa shape index (κ3) is 3.73. The van der Waals surface area contributed by atoms with Crippen LogP contribution in [-0.2, 0) is 34.5 Å². The van der Waals surface area contributed by atoms with E-state index in [0.29, 0.717) is 25.1 Å². The molecule has 2 saturated heterocycles. The molecule has 1 unspecified atom stereocenters. The van der Waals surface area contributed by atoms with Gasteiger partial charge in [-0.2, -0.15) is 0 Å². The van der Waals surface area contributed by atoms with Gasteiger partial charge in [0.05, 0.1) is 13.2 Å². The van der Waals surface area contributed by atoms with Crippen LogP contribution in [-0.4, -0.2) is 53.3 Å². The molecule has 3 amide bonds. The molecule has 4 aliphatic rings. The van der Waals surface area contributed by atoms with Gasteiger partial charge in [-0.1, -0.05) is 37.3 Å². The summed E-state index contributed by atoms with van der Waals surface area (Å²) >= 11 is 0. The van der Waals surface area contributed by atoms with Crippen LogP contribution in [0.3, 0.4) is 0 Å². The van der Waals surface area contributed by atoms with Crippen molar-refractivity contribution in [3.8, 4) is 5.75 Å². The van der Waals surface area contributed by atoms with Crippen LogP contribution < -0.4 is 10.1 Å². The summed E-state index contributed by atoms with van der Waals surface area (Å²) in [5.74, 6) is 0.0408. The number of aryl methyl sites for hydroxylation is 1. The molecule has 182 valence electrons. The van der Waals surface area contributed by atoms with E-state index in [9.17, 15) is 14.4 Å². The number of rotatable bonds is 4. The van der Waals surface area contributed by atoms with Crippen LogP contribution in [0.15, 0.2) is 36.4 Å². The van der Waals surface area contributed by atoms with Crippen molar-refractivity contribution < 1.29 is 19.1 Å². The van der Waals surface area contributed by atoms with E-state index in [2.05, 4.69) is 47.5 Å². The minimum absolute atomic E-state index is 0.0158. The molecule has 2 fully saturated rings. The fourth-order valence-electron chi connectivity index (χ4n) is 6.18. The molecule has 1 N–H and O–H groups in total. The van der Waals surface area contributed by atoms with E-state index in [1.165, 1.54) is 16.7 Å². The van der Waals surface area contributed by atoms with E-state index in [1.54, 1.807) is 4.90 Å². The molecule has 0 aliphatic carbocycles. The summed E-state index contributed by atoms with van der Waals surface area (Å²) in [6.07, 6.45) is 3.74. The van der Waals surface area contributed by atoms with E-state index in [1.807, 2.05) is 6.07 Å². The van der Waals surface area contributed by atoms with Gasteiger partial charge in [0.15, 0.2) is 0 Å². The molecule has 1 spiro atoms. The number of hydrogen-bond donors (Lipinski definition) is 1. The molecular formula is C28H31N3O4. The van der Waals surface area contributed by atoms with Crippen LogP contribution in [0.2, 0.25) is 0 Å². The lowest BCUT2D eigenvalue weighted by Gasteiger charge is -2.38. The van der Waals surface area contributed by atoms with Gasteiger partial charge in [-0.15, -0.1) is 0 Å². The number of imide groups is 1. The van der Waals surface area contributed by atoms with E-state index >= 15 is 0 Å². The minimum Gasteiger partial charge on any atom is -0.492 e. The Balaban J connectivity index is 1.17. The largest absolute Gasteiger partial charge is 0.492 e. The molecule has 7 nitrogen and oxygen atoms in total. The number of nitrogens with one attached hydrogen (secondary N) is 1. The molecule has 4 heterocycles. The average Bonchev–Trinajstić information content (AvgIpc) is 3.39. The highest BCUT2D eigenvalue weighted by atomic mass is 16.5. The smallest absolute Gasteiger partial charge is 0.255 e. The van der Waals surface area contributed by atoms with Gasteiger partial charge in [-0.05, 0) is 56.0 Å². The van der Waals surface area contributed by atoms with Crippen molar-refractivity contribution in [2.24, 2.45) is 0 Å². The van der Waals surface area contributed by atoms with Gasteiger partial charge >= 0.3 is 0 Å². The van der Waals surface area contributed by atoms with Crippen LogP contribution in [0, 0.1) is 0 Å². The van der Waals surface area contributed by atoms with Gasteiger partial charge < -0.3 is 9.64 Å². The topological polar surface area (TPSA) is 79.0 Å². The molecule has 6 rings (SSSR count). The Labute approximate surface area is 205 Å². The highest BCUT2D eigenvalue weighted by Gasteiger charge is 2.47. The molecule has 0 bridgehead atoms. The summed E-state index contributed by atoms with van der Waals surface area (Å²) in [5.41, 5.74) is 5.43. The summed E-state index contributed by atoms with van der Waals surface area (Å²) in [4.78, 5) is 41.2. The zero-order valence-corrected chi connectivity index (χ0v) is 20.1. The number of hydrogen-bond acceptors (Lipinski definition) is 5. The lowest BCUT2D eigenvalue weighted by molar-refractivity contribution is -0.136. The average molecular weight is 474 g/mol. The number of nitrogens with zero attached hydrogens (tertiary/aromatic N) is 2. The first-order valence-corrected chi connectivity index (χ1v) is 12.7. The molecular weight excluding hydrogens is 442 g/mol. The van der Waals surface area contributed by atoms with Gasteiger partial charge in [0.1, 0.15) is 11.8 Å². The third-order valence-electron chi connectivity index (χ3n) is 8.38. The number of carbonyl (C=O) groups excluding carboxylic acids is 3. The molecule has 2 aromatic rings. The first-order chi connectivity index (χ1) is 17.0. The fourth-order valence-corrected chi connectivity index (χ4v) is 6.18. The standard InChI is InChI=1S/C28H31N3O4/c1-2-18-3-5-19(6-4-18)15-30-13-11-28(12-14-30)17-35-25-21-16-31(23-9-10-24(32)29-26(23)33)27(34)20(21)7-8-22(25)28/h3-8,23H,2,9-17H2,1H3,(H,29,32,33). The van der Waals surface area contributed by atoms with Crippen LogP contribution in [0.25, 0.3) is 0 Å². The van der Waals surface area contributed by atoms with Gasteiger partial charge in [-0.3, -0.25) is 24.6 Å². The molecule has 0 saturated carbocycles. The summed E-state index contributed by atoms with van der Waals surface area (Å²) in [6.45, 7) is 6.17. The number of amides is 3. The fraction of sp³-hybridized carbons (Fsp3) is 0.464. The number of benzene rings is 2. The lowest BCUT2D eigenvalue weighted by atomic mass is 9.74. The zero-order valence-electron chi connectivity index (χ0n) is 20.1. The quantitative estimate of drug-likeness (QED) is 0.691. The minimum atomic E-state index is -0.603. The van der Waals surface area contributed by atoms with Crippen molar-refractivity contribution in [2.75, 3.05) is 19.7 Å². The number of piperidine rings is 2. The summed E-state index contributed by atoms with van der Waals surface area (Å²) < 4.78 is 6.29. The van der Waals surface area contributed by atoms with E-state index in [-0.39, 0.29) is 29.6 Å². The second kappa shape index (κ2) is 8.48. The second-order valence-electron chi connectivity index (χ2n) is 10.4. The number of fused-ring (bicyclic) bond motifs is 4. The number of carbonyl (C=O) groups is 3. The zero-order chi connectivity index (χ0) is 24.2. The van der Waals surface area contributed by atoms with Gasteiger partial charge in [0.2, 0.25) is 11.8 Å². The maximum Gasteiger partial charge on any atom is 0.255 e. The Morgan fingerprint density at radius 2 is 1.77 bits per heavy atom. The highest BCUT2D eigenvalue weighted by Crippen LogP contribution is 2.49. The first kappa shape index (κ1) is 22.3. The van der Waals surface area contributed by atoms with Crippen molar-refractivity contribution in [1.29, 1.82) is 0 Å². The molecule has 35 heavy (non-hydrogen) atoms. The molecule has 4 aliphatic heterocycles. The van der Waals surface area contributed by atoms with Crippen LogP contribution >= 0.6 is 0 Å². The molecule has 2 aromatic carbocycles. The van der Waals surface area contributed by atoms with Gasteiger partial charge in [-0.25, -0.2) is 0 Å². The maximum absolute atomic E-state index is 13.1. The normalized spacial score (nSPS) is 23.3. The summed E-state index contributed by atoms with van der Waals surface area (Å²) in [7, 11) is 0. The Bertz CT molecular complexity index is 1200. The van der Waals surface area contributed by atoms with Crippen molar-refractivity contribution >= 4 is 17.7 Å². The van der Waals surface area contributed by atoms with E-state index in [4.69, 9.17) is 4.74 Å². The van der Waals surface area contributed by atoms with Crippen molar-refractivity contribution in [3.05, 3.63) is 64.2 Å². The van der Waals surface area contributed by atoms with Crippen LogP contribution in [0.1, 0.15) is 65.2 Å². The van der Waals surface area contributed by atoms with Gasteiger partial charge in [0.25, 0.3) is 5.91 Å². The lowest BCUT2D eigenvalue weighted by Crippen LogP contribution is -2.52. The van der Waals surface area contributed by atoms with Crippen LogP contribution in [0.4, 0.5) is 0 Å². The Kier molecular flexibility index (Phi) is 5.40. The highest BCUT2D eigenvalue weighted by molar-refractivity contribution is 6.05. The number of likely N-dealkylation sites (tertiary alicyclic amines) is 1. The Hall–Kier alpha value is -3.19. The molecule has 0 aromatic heterocycles. The predicted octanol–water partition coefficient (Wildman–Crippen LogP) is 2.94.